The molecule has 0 unspecified atom stereocenters. The Morgan fingerprint density at radius 1 is 1.31 bits per heavy atom. The van der Waals surface area contributed by atoms with Crippen LogP contribution in [0.3, 0.4) is 0 Å². The number of amides is 1. The largest absolute Gasteiger partial charge is 0.375 e. The highest BCUT2D eigenvalue weighted by Gasteiger charge is 2.54. The smallest absolute Gasteiger partial charge is 0.272 e. The highest BCUT2D eigenvalue weighted by atomic mass is 16.5. The van der Waals surface area contributed by atoms with Crippen molar-refractivity contribution in [2.24, 2.45) is 5.92 Å². The van der Waals surface area contributed by atoms with E-state index < -0.39 is 0 Å². The first kappa shape index (κ1) is 17.1. The van der Waals surface area contributed by atoms with Crippen molar-refractivity contribution in [1.29, 1.82) is 0 Å². The zero-order valence-corrected chi connectivity index (χ0v) is 14.9. The number of pyridine rings is 2. The minimum absolute atomic E-state index is 0.0250. The van der Waals surface area contributed by atoms with Gasteiger partial charge < -0.3 is 14.4 Å². The molecule has 2 aliphatic heterocycles. The average molecular weight is 353 g/mol. The minimum Gasteiger partial charge on any atom is -0.375 e. The second-order valence-corrected chi connectivity index (χ2v) is 7.06. The van der Waals surface area contributed by atoms with Crippen molar-refractivity contribution < 1.29 is 14.3 Å². The molecule has 1 atom stereocenters. The summed E-state index contributed by atoms with van der Waals surface area (Å²) < 4.78 is 11.9. The molecule has 0 radical (unpaired) electrons. The quantitative estimate of drug-likeness (QED) is 0.825. The van der Waals surface area contributed by atoms with Crippen molar-refractivity contribution in [3.8, 4) is 0 Å². The number of likely N-dealkylation sites (tertiary alicyclic amines) is 1. The summed E-state index contributed by atoms with van der Waals surface area (Å²) in [6, 6.07) is 11.3. The number of hydrogen-bond acceptors (Lipinski definition) is 5. The lowest BCUT2D eigenvalue weighted by molar-refractivity contribution is -0.129. The van der Waals surface area contributed by atoms with Gasteiger partial charge in [0, 0.05) is 24.4 Å². The fourth-order valence-corrected chi connectivity index (χ4v) is 3.73. The molecule has 6 heteroatoms. The molecule has 0 saturated carbocycles. The topological polar surface area (TPSA) is 64.6 Å². The molecule has 2 aromatic heterocycles. The summed E-state index contributed by atoms with van der Waals surface area (Å²) in [6.45, 7) is 4.97. The number of carbonyl (C=O) groups is 1. The van der Waals surface area contributed by atoms with Gasteiger partial charge in [-0.25, -0.2) is 4.98 Å². The van der Waals surface area contributed by atoms with E-state index in [2.05, 4.69) is 9.97 Å². The molecule has 2 saturated heterocycles. The maximum atomic E-state index is 12.6. The molecule has 0 aromatic carbocycles. The summed E-state index contributed by atoms with van der Waals surface area (Å²) in [5.74, 6) is 0.281. The molecule has 1 spiro atoms. The summed E-state index contributed by atoms with van der Waals surface area (Å²) in [5, 5.41) is 0. The normalized spacial score (nSPS) is 21.0. The van der Waals surface area contributed by atoms with Crippen LogP contribution in [0.25, 0.3) is 0 Å². The third-order valence-corrected chi connectivity index (χ3v) is 5.21. The number of rotatable bonds is 5. The third kappa shape index (κ3) is 3.34. The molecule has 6 nitrogen and oxygen atoms in total. The SMILES string of the molecule is Cc1cccc(C(=O)N2CC3(C2)OCC[C@H]3COCc2ccccn2)n1. The van der Waals surface area contributed by atoms with Crippen molar-refractivity contribution >= 4 is 5.91 Å². The molecule has 0 bridgehead atoms. The van der Waals surface area contributed by atoms with Crippen LogP contribution in [0.2, 0.25) is 0 Å². The highest BCUT2D eigenvalue weighted by molar-refractivity contribution is 5.93. The van der Waals surface area contributed by atoms with Crippen LogP contribution in [-0.4, -0.2) is 52.7 Å². The second-order valence-electron chi connectivity index (χ2n) is 7.06. The molecule has 0 N–H and O–H groups in total. The van der Waals surface area contributed by atoms with Crippen LogP contribution in [0.5, 0.6) is 0 Å². The number of carbonyl (C=O) groups excluding carboxylic acids is 1. The van der Waals surface area contributed by atoms with Crippen molar-refractivity contribution in [2.45, 2.75) is 25.6 Å². The van der Waals surface area contributed by atoms with Crippen LogP contribution in [-0.2, 0) is 16.1 Å². The van der Waals surface area contributed by atoms with Gasteiger partial charge in [-0.2, -0.15) is 0 Å². The van der Waals surface area contributed by atoms with Crippen molar-refractivity contribution in [3.05, 3.63) is 59.7 Å². The van der Waals surface area contributed by atoms with Gasteiger partial charge in [0.2, 0.25) is 0 Å². The number of aromatic nitrogens is 2. The van der Waals surface area contributed by atoms with E-state index >= 15 is 0 Å². The Hall–Kier alpha value is -2.31. The zero-order chi connectivity index (χ0) is 18.0. The van der Waals surface area contributed by atoms with Crippen LogP contribution < -0.4 is 0 Å². The summed E-state index contributed by atoms with van der Waals surface area (Å²) in [7, 11) is 0. The minimum atomic E-state index is -0.260. The lowest BCUT2D eigenvalue weighted by atomic mass is 9.81. The van der Waals surface area contributed by atoms with E-state index in [1.54, 1.807) is 12.3 Å². The molecule has 4 rings (SSSR count). The molecule has 2 aromatic rings. The van der Waals surface area contributed by atoms with Gasteiger partial charge in [-0.05, 0) is 37.6 Å². The summed E-state index contributed by atoms with van der Waals surface area (Å²) in [6.07, 6.45) is 2.74. The van der Waals surface area contributed by atoms with Crippen molar-refractivity contribution in [2.75, 3.05) is 26.3 Å². The van der Waals surface area contributed by atoms with Gasteiger partial charge >= 0.3 is 0 Å². The molecule has 2 fully saturated rings. The number of nitrogens with zero attached hydrogens (tertiary/aromatic N) is 3. The van der Waals surface area contributed by atoms with Crippen LogP contribution >= 0.6 is 0 Å². The predicted octanol–water partition coefficient (Wildman–Crippen LogP) is 2.23. The molecule has 136 valence electrons. The Labute approximate surface area is 153 Å². The third-order valence-electron chi connectivity index (χ3n) is 5.21. The van der Waals surface area contributed by atoms with Crippen molar-refractivity contribution in [1.82, 2.24) is 14.9 Å². The van der Waals surface area contributed by atoms with Gasteiger partial charge in [-0.1, -0.05) is 12.1 Å². The van der Waals surface area contributed by atoms with Gasteiger partial charge in [-0.3, -0.25) is 9.78 Å². The highest BCUT2D eigenvalue weighted by Crippen LogP contribution is 2.40. The van der Waals surface area contributed by atoms with E-state index in [1.807, 2.05) is 42.2 Å². The summed E-state index contributed by atoms with van der Waals surface area (Å²) >= 11 is 0. The molecule has 2 aliphatic rings. The molecule has 26 heavy (non-hydrogen) atoms. The van der Waals surface area contributed by atoms with E-state index in [1.165, 1.54) is 0 Å². The Balaban J connectivity index is 1.32. The first-order valence-corrected chi connectivity index (χ1v) is 9.01. The lowest BCUT2D eigenvalue weighted by Gasteiger charge is -2.50. The maximum Gasteiger partial charge on any atom is 0.272 e. The summed E-state index contributed by atoms with van der Waals surface area (Å²) in [5.41, 5.74) is 2.02. The van der Waals surface area contributed by atoms with Gasteiger partial charge in [0.25, 0.3) is 5.91 Å². The van der Waals surface area contributed by atoms with E-state index in [0.29, 0.717) is 37.9 Å². The fraction of sp³-hybridized carbons (Fsp3) is 0.450. The fourth-order valence-electron chi connectivity index (χ4n) is 3.73. The lowest BCUT2D eigenvalue weighted by Crippen LogP contribution is -2.66. The van der Waals surface area contributed by atoms with E-state index in [9.17, 15) is 4.79 Å². The van der Waals surface area contributed by atoms with E-state index in [-0.39, 0.29) is 11.5 Å². The van der Waals surface area contributed by atoms with Gasteiger partial charge in [0.1, 0.15) is 11.3 Å². The van der Waals surface area contributed by atoms with Crippen molar-refractivity contribution in [3.63, 3.8) is 0 Å². The standard InChI is InChI=1S/C20H23N3O3/c1-15-5-4-7-18(22-15)19(24)23-13-20(14-23)16(8-10-26-20)11-25-12-17-6-2-3-9-21-17/h2-7,9,16H,8,10-14H2,1H3/t16-/m0/s1. The maximum absolute atomic E-state index is 12.6. The van der Waals surface area contributed by atoms with Gasteiger partial charge in [-0.15, -0.1) is 0 Å². The monoisotopic (exact) mass is 353 g/mol. The van der Waals surface area contributed by atoms with Crippen LogP contribution in [0.1, 0.15) is 28.3 Å². The number of aryl methyl sites for hydroxylation is 1. The van der Waals surface area contributed by atoms with Crippen LogP contribution in [0, 0.1) is 12.8 Å². The summed E-state index contributed by atoms with van der Waals surface area (Å²) in [4.78, 5) is 23.0. The Bertz CT molecular complexity index is 775. The average Bonchev–Trinajstić information content (AvgIpc) is 3.05. The Morgan fingerprint density at radius 2 is 2.19 bits per heavy atom. The van der Waals surface area contributed by atoms with E-state index in [0.717, 1.165) is 24.4 Å². The molecule has 0 aliphatic carbocycles. The molecular formula is C20H23N3O3. The Kier molecular flexibility index (Phi) is 4.70. The molecular weight excluding hydrogens is 330 g/mol. The van der Waals surface area contributed by atoms with Crippen LogP contribution in [0.15, 0.2) is 42.6 Å². The zero-order valence-electron chi connectivity index (χ0n) is 14.9. The van der Waals surface area contributed by atoms with Crippen LogP contribution in [0.4, 0.5) is 0 Å². The number of ether oxygens (including phenoxy) is 2. The molecule has 4 heterocycles. The first-order valence-electron chi connectivity index (χ1n) is 9.01. The van der Waals surface area contributed by atoms with Gasteiger partial charge in [0.15, 0.2) is 0 Å². The second kappa shape index (κ2) is 7.13. The van der Waals surface area contributed by atoms with E-state index in [4.69, 9.17) is 9.47 Å². The first-order chi connectivity index (χ1) is 12.7. The number of hydrogen-bond donors (Lipinski definition) is 0. The van der Waals surface area contributed by atoms with Gasteiger partial charge in [0.05, 0.1) is 32.0 Å². The Morgan fingerprint density at radius 3 is 2.96 bits per heavy atom. The predicted molar refractivity (Wildman–Crippen MR) is 95.6 cm³/mol. The molecule has 1 amide bonds.